The molecule has 0 rings (SSSR count). The maximum absolute atomic E-state index is 13.4. The van der Waals surface area contributed by atoms with Crippen LogP contribution in [0.2, 0.25) is 0 Å². The van der Waals surface area contributed by atoms with Crippen LogP contribution in [-0.4, -0.2) is 68.5 Å². The Balaban J connectivity index is 6.57. The molecular formula is C10F24O3Si. The van der Waals surface area contributed by atoms with Crippen LogP contribution in [0.25, 0.3) is 0 Å². The van der Waals surface area contributed by atoms with E-state index in [1.807, 2.05) is 0 Å². The van der Waals surface area contributed by atoms with Crippen molar-refractivity contribution < 1.29 is 119 Å². The first-order valence-corrected chi connectivity index (χ1v) is 9.19. The number of rotatable bonds is 11. The first kappa shape index (κ1) is 36.4. The van der Waals surface area contributed by atoms with E-state index >= 15 is 0 Å². The highest BCUT2D eigenvalue weighted by Crippen LogP contribution is 2.64. The lowest BCUT2D eigenvalue weighted by Crippen LogP contribution is -2.76. The molecule has 0 aliphatic carbocycles. The SMILES string of the molecule is FC(F)(F)C(F)(F)OOO[Si](F)(F)C(F)(F)C(F)(F)C(F)(F)C(F)(F)C(F)(F)C(F)(F)C(F)(F)C(F)(F)F. The summed E-state index contributed by atoms with van der Waals surface area (Å²) in [7, 11) is -9.79. The topological polar surface area (TPSA) is 27.7 Å². The molecule has 0 heterocycles. The van der Waals surface area contributed by atoms with E-state index in [1.54, 1.807) is 14.5 Å². The van der Waals surface area contributed by atoms with Gasteiger partial charge in [-0.2, -0.15) is 101 Å². The number of alkyl halides is 22. The van der Waals surface area contributed by atoms with Gasteiger partial charge in [0.2, 0.25) is 0 Å². The van der Waals surface area contributed by atoms with E-state index in [0.717, 1.165) is 0 Å². The van der Waals surface area contributed by atoms with E-state index in [9.17, 15) is 105 Å². The highest BCUT2D eigenvalue weighted by atomic mass is 28.4. The van der Waals surface area contributed by atoms with Crippen molar-refractivity contribution in [2.75, 3.05) is 0 Å². The summed E-state index contributed by atoms with van der Waals surface area (Å²) in [5, 5.41) is 1.68. The summed E-state index contributed by atoms with van der Waals surface area (Å²) in [5.41, 5.74) is -8.55. The second kappa shape index (κ2) is 9.23. The van der Waals surface area contributed by atoms with E-state index in [4.69, 9.17) is 0 Å². The molecule has 0 atom stereocenters. The van der Waals surface area contributed by atoms with Crippen LogP contribution in [-0.2, 0) is 14.5 Å². The van der Waals surface area contributed by atoms with Crippen molar-refractivity contribution in [3.63, 3.8) is 0 Å². The number of hydrogen-bond donors (Lipinski definition) is 0. The standard InChI is InChI=1S/C10F24O3Si/c11-1(12,3(15,16)5(19,20)7(23,24)25)2(13,14)4(17,18)6(21,22)10(31,32)38(33,34)37-36-35-9(29,30)8(26,27)28. The van der Waals surface area contributed by atoms with Gasteiger partial charge in [0, 0.05) is 0 Å². The highest BCUT2D eigenvalue weighted by Gasteiger charge is 2.98. The first-order valence-electron chi connectivity index (χ1n) is 7.53. The van der Waals surface area contributed by atoms with Crippen LogP contribution in [0.1, 0.15) is 0 Å². The van der Waals surface area contributed by atoms with Gasteiger partial charge in [-0.15, -0.1) is 4.89 Å². The average Bonchev–Trinajstić information content (AvgIpc) is 2.64. The summed E-state index contributed by atoms with van der Waals surface area (Å²) >= 11 is 0. The van der Waals surface area contributed by atoms with Crippen molar-refractivity contribution in [1.29, 1.82) is 0 Å². The van der Waals surface area contributed by atoms with Crippen molar-refractivity contribution in [3.8, 4) is 0 Å². The number of halogens is 24. The van der Waals surface area contributed by atoms with Gasteiger partial charge in [0.25, 0.3) is 0 Å². The van der Waals surface area contributed by atoms with Crippen LogP contribution < -0.4 is 0 Å². The molecular weight excluding hydrogens is 652 g/mol. The van der Waals surface area contributed by atoms with Crippen LogP contribution in [0.5, 0.6) is 0 Å². The predicted octanol–water partition coefficient (Wildman–Crippen LogP) is 7.45. The normalized spacial score (nSPS) is 16.7. The molecule has 0 spiro atoms. The lowest BCUT2D eigenvalue weighted by Gasteiger charge is -2.42. The van der Waals surface area contributed by atoms with Crippen LogP contribution in [0.15, 0.2) is 0 Å². The second-order valence-electron chi connectivity index (χ2n) is 6.28. The third-order valence-corrected chi connectivity index (χ3v) is 5.02. The van der Waals surface area contributed by atoms with E-state index in [2.05, 4.69) is 0 Å². The van der Waals surface area contributed by atoms with E-state index in [-0.39, 0.29) is 0 Å². The van der Waals surface area contributed by atoms with Crippen molar-refractivity contribution in [2.45, 2.75) is 59.5 Å². The van der Waals surface area contributed by atoms with E-state index < -0.39 is 68.5 Å². The molecule has 0 saturated carbocycles. The largest absolute Gasteiger partial charge is 0.688 e. The quantitative estimate of drug-likeness (QED) is 0.0764. The molecule has 28 heteroatoms. The summed E-state index contributed by atoms with van der Waals surface area (Å²) in [6.07, 6.45) is -21.9. The fourth-order valence-electron chi connectivity index (χ4n) is 1.55. The molecule has 0 fully saturated rings. The fraction of sp³-hybridized carbons (Fsp3) is 1.00. The Bertz CT molecular complexity index is 839. The van der Waals surface area contributed by atoms with Crippen molar-refractivity contribution in [2.24, 2.45) is 0 Å². The maximum Gasteiger partial charge on any atom is 0.688 e. The summed E-state index contributed by atoms with van der Waals surface area (Å²) in [6, 6.07) is 0. The highest BCUT2D eigenvalue weighted by molar-refractivity contribution is 6.62. The molecule has 230 valence electrons. The van der Waals surface area contributed by atoms with Gasteiger partial charge in [0.15, 0.2) is 0 Å². The molecule has 0 aromatic carbocycles. The molecule has 0 aromatic rings. The molecule has 38 heavy (non-hydrogen) atoms. The van der Waals surface area contributed by atoms with Crippen LogP contribution >= 0.6 is 0 Å². The zero-order chi connectivity index (χ0) is 31.6. The average molecular weight is 652 g/mol. The Morgan fingerprint density at radius 1 is 0.368 bits per heavy atom. The minimum absolute atomic E-state index is 1.56. The molecule has 0 saturated heterocycles. The zero-order valence-electron chi connectivity index (χ0n) is 15.8. The summed E-state index contributed by atoms with van der Waals surface area (Å²) in [6.45, 7) is 0. The molecule has 0 aliphatic rings. The van der Waals surface area contributed by atoms with Crippen LogP contribution in [0.3, 0.4) is 0 Å². The third-order valence-electron chi connectivity index (χ3n) is 3.69. The molecule has 0 bridgehead atoms. The lowest BCUT2D eigenvalue weighted by atomic mass is 9.91. The van der Waals surface area contributed by atoms with E-state index in [0.29, 0.717) is 0 Å². The third kappa shape index (κ3) is 5.03. The lowest BCUT2D eigenvalue weighted by molar-refractivity contribution is -0.590. The Hall–Kier alpha value is -1.58. The predicted molar refractivity (Wildman–Crippen MR) is 62.9 cm³/mol. The Morgan fingerprint density at radius 2 is 0.658 bits per heavy atom. The summed E-state index contributed by atoms with van der Waals surface area (Å²) in [5.74, 6) is -54.1. The maximum atomic E-state index is 13.4. The minimum atomic E-state index is -9.79. The molecule has 0 aromatic heterocycles. The van der Waals surface area contributed by atoms with Gasteiger partial charge in [-0.1, -0.05) is 5.04 Å². The van der Waals surface area contributed by atoms with Gasteiger partial charge in [-0.3, -0.25) is 0 Å². The van der Waals surface area contributed by atoms with Gasteiger partial charge in [0.05, 0.1) is 0 Å². The number of hydrogen-bond acceptors (Lipinski definition) is 3. The molecule has 0 amide bonds. The van der Waals surface area contributed by atoms with Gasteiger partial charge in [-0.05, 0) is 0 Å². The smallest absolute Gasteiger partial charge is 0.236 e. The van der Waals surface area contributed by atoms with Gasteiger partial charge >= 0.3 is 68.5 Å². The van der Waals surface area contributed by atoms with Gasteiger partial charge < -0.3 is 0 Å². The minimum Gasteiger partial charge on any atom is -0.236 e. The Kier molecular flexibility index (Phi) is 8.85. The Labute approximate surface area is 189 Å². The first-order chi connectivity index (χ1) is 16.0. The second-order valence-corrected chi connectivity index (χ2v) is 8.11. The molecule has 3 nitrogen and oxygen atoms in total. The molecule has 0 aliphatic heterocycles. The molecule has 0 unspecified atom stereocenters. The summed E-state index contributed by atoms with van der Waals surface area (Å²) in [4.78, 5) is 1.61. The fourth-order valence-corrected chi connectivity index (χ4v) is 2.30. The van der Waals surface area contributed by atoms with Gasteiger partial charge in [-0.25, -0.2) is 8.22 Å². The van der Waals surface area contributed by atoms with Crippen molar-refractivity contribution >= 4 is 8.99 Å². The monoisotopic (exact) mass is 652 g/mol. The Morgan fingerprint density at radius 3 is 0.947 bits per heavy atom. The van der Waals surface area contributed by atoms with E-state index in [1.165, 1.54) is 0 Å². The molecule has 0 radical (unpaired) electrons. The van der Waals surface area contributed by atoms with Crippen molar-refractivity contribution in [3.05, 3.63) is 0 Å². The van der Waals surface area contributed by atoms with Crippen molar-refractivity contribution in [1.82, 2.24) is 0 Å². The zero-order valence-corrected chi connectivity index (χ0v) is 16.8. The van der Waals surface area contributed by atoms with Gasteiger partial charge in [0.1, 0.15) is 0 Å². The molecule has 0 N–H and O–H groups in total. The summed E-state index contributed by atoms with van der Waals surface area (Å²) < 4.78 is 307. The van der Waals surface area contributed by atoms with Crippen LogP contribution in [0, 0.1) is 0 Å². The van der Waals surface area contributed by atoms with Crippen LogP contribution in [0.4, 0.5) is 105 Å².